The third kappa shape index (κ3) is 2.05. The molecule has 1 atom stereocenters. The van der Waals surface area contributed by atoms with E-state index in [0.29, 0.717) is 5.33 Å². The highest BCUT2D eigenvalue weighted by Crippen LogP contribution is 2.21. The van der Waals surface area contributed by atoms with Gasteiger partial charge in [-0.05, 0) is 19.4 Å². The van der Waals surface area contributed by atoms with Crippen LogP contribution in [0, 0.1) is 0 Å². The summed E-state index contributed by atoms with van der Waals surface area (Å²) < 4.78 is 0. The predicted octanol–water partition coefficient (Wildman–Crippen LogP) is 3.03. The molecule has 0 aromatic heterocycles. The van der Waals surface area contributed by atoms with Gasteiger partial charge < -0.3 is 0 Å². The zero-order valence-electron chi connectivity index (χ0n) is 6.13. The van der Waals surface area contributed by atoms with Crippen LogP contribution in [-0.4, -0.2) is 10.9 Å². The van der Waals surface area contributed by atoms with Gasteiger partial charge in [0.25, 0.3) is 0 Å². The van der Waals surface area contributed by atoms with Crippen LogP contribution in [0.5, 0.6) is 0 Å². The molecule has 0 bridgehead atoms. The first kappa shape index (κ1) is 9.53. The third-order valence-electron chi connectivity index (χ3n) is 1.45. The van der Waals surface area contributed by atoms with Crippen molar-refractivity contribution in [2.24, 2.45) is 5.11 Å². The number of alkyl halides is 1. The molecule has 0 aliphatic rings. The molecule has 0 saturated carbocycles. The first-order chi connectivity index (χ1) is 4.56. The fraction of sp³-hybridized carbons (Fsp3) is 0.667. The molecule has 0 amide bonds. The quantitative estimate of drug-likeness (QED) is 0.223. The van der Waals surface area contributed by atoms with Crippen molar-refractivity contribution < 1.29 is 0 Å². The molecule has 0 radical (unpaired) electrons. The van der Waals surface area contributed by atoms with Crippen LogP contribution in [0.4, 0.5) is 0 Å². The van der Waals surface area contributed by atoms with Crippen LogP contribution < -0.4 is 0 Å². The molecule has 4 heteroatoms. The smallest absolute Gasteiger partial charge is 0.0760 e. The van der Waals surface area contributed by atoms with Crippen molar-refractivity contribution in [1.82, 2.24) is 0 Å². The molecular formula is C6H10BrN3. The van der Waals surface area contributed by atoms with Gasteiger partial charge >= 0.3 is 0 Å². The molecule has 0 aliphatic carbocycles. The molecule has 3 nitrogen and oxygen atoms in total. The maximum Gasteiger partial charge on any atom is 0.0760 e. The molecule has 0 N–H and O–H groups in total. The topological polar surface area (TPSA) is 48.8 Å². The molecule has 0 aromatic rings. The van der Waals surface area contributed by atoms with Crippen LogP contribution in [0.2, 0.25) is 0 Å². The van der Waals surface area contributed by atoms with Crippen LogP contribution in [-0.2, 0) is 0 Å². The van der Waals surface area contributed by atoms with E-state index in [1.165, 1.54) is 0 Å². The lowest BCUT2D eigenvalue weighted by Gasteiger charge is -2.20. The van der Waals surface area contributed by atoms with Gasteiger partial charge in [-0.3, -0.25) is 0 Å². The highest BCUT2D eigenvalue weighted by Gasteiger charge is 2.21. The summed E-state index contributed by atoms with van der Waals surface area (Å²) in [5, 5.41) is 4.22. The summed E-state index contributed by atoms with van der Waals surface area (Å²) >= 11 is 3.25. The molecule has 0 heterocycles. The molecule has 1 unspecified atom stereocenters. The molecule has 0 rings (SSSR count). The zero-order valence-corrected chi connectivity index (χ0v) is 7.72. The van der Waals surface area contributed by atoms with E-state index in [0.717, 1.165) is 5.57 Å². The van der Waals surface area contributed by atoms with Crippen LogP contribution in [0.1, 0.15) is 13.8 Å². The van der Waals surface area contributed by atoms with E-state index in [9.17, 15) is 0 Å². The average molecular weight is 204 g/mol. The highest BCUT2D eigenvalue weighted by molar-refractivity contribution is 9.09. The van der Waals surface area contributed by atoms with Crippen molar-refractivity contribution in [2.45, 2.75) is 19.4 Å². The fourth-order valence-corrected chi connectivity index (χ4v) is 0.916. The lowest BCUT2D eigenvalue weighted by molar-refractivity contribution is 0.624. The van der Waals surface area contributed by atoms with Crippen molar-refractivity contribution in [2.75, 3.05) is 5.33 Å². The number of hydrogen-bond acceptors (Lipinski definition) is 1. The Morgan fingerprint density at radius 1 is 1.90 bits per heavy atom. The molecule has 0 aliphatic heterocycles. The Morgan fingerprint density at radius 2 is 2.40 bits per heavy atom. The first-order valence-electron chi connectivity index (χ1n) is 2.85. The minimum absolute atomic E-state index is 0.477. The third-order valence-corrected chi connectivity index (χ3v) is 2.54. The van der Waals surface area contributed by atoms with Gasteiger partial charge in [-0.1, -0.05) is 33.2 Å². The lowest BCUT2D eigenvalue weighted by atomic mass is 9.99. The van der Waals surface area contributed by atoms with Crippen LogP contribution in [0.15, 0.2) is 17.3 Å². The van der Waals surface area contributed by atoms with E-state index in [4.69, 9.17) is 5.53 Å². The highest BCUT2D eigenvalue weighted by atomic mass is 79.9. The minimum Gasteiger partial charge on any atom is -0.0994 e. The summed E-state index contributed by atoms with van der Waals surface area (Å²) in [5.41, 5.74) is 8.56. The number of hydrogen-bond donors (Lipinski definition) is 0. The second-order valence-electron chi connectivity index (χ2n) is 2.38. The van der Waals surface area contributed by atoms with Gasteiger partial charge in [-0.25, -0.2) is 0 Å². The molecule has 10 heavy (non-hydrogen) atoms. The van der Waals surface area contributed by atoms with Gasteiger partial charge in [0.1, 0.15) is 0 Å². The van der Waals surface area contributed by atoms with Gasteiger partial charge in [0.2, 0.25) is 0 Å². The Balaban J connectivity index is 4.54. The molecular weight excluding hydrogens is 194 g/mol. The van der Waals surface area contributed by atoms with E-state index in [2.05, 4.69) is 32.5 Å². The van der Waals surface area contributed by atoms with Gasteiger partial charge in [0, 0.05) is 10.2 Å². The normalized spacial score (nSPS) is 15.1. The molecule has 0 aromatic carbocycles. The Bertz CT molecular complexity index is 179. The van der Waals surface area contributed by atoms with Gasteiger partial charge in [0.05, 0.1) is 5.54 Å². The summed E-state index contributed by atoms with van der Waals surface area (Å²) in [6.45, 7) is 7.40. The standard InChI is InChI=1S/C6H10BrN3/c1-5(2)6(3,4-7)9-10-8/h1,4H2,2-3H3. The summed E-state index contributed by atoms with van der Waals surface area (Å²) in [7, 11) is 0. The maximum absolute atomic E-state index is 8.18. The summed E-state index contributed by atoms with van der Waals surface area (Å²) in [6, 6.07) is 0. The first-order valence-corrected chi connectivity index (χ1v) is 3.97. The monoisotopic (exact) mass is 203 g/mol. The number of halogens is 1. The Kier molecular flexibility index (Phi) is 3.47. The van der Waals surface area contributed by atoms with Crippen LogP contribution in [0.25, 0.3) is 10.4 Å². The van der Waals surface area contributed by atoms with E-state index < -0.39 is 5.54 Å². The summed E-state index contributed by atoms with van der Waals surface area (Å²) in [6.07, 6.45) is 0. The minimum atomic E-state index is -0.477. The van der Waals surface area contributed by atoms with E-state index in [-0.39, 0.29) is 0 Å². The SMILES string of the molecule is C=C(C)C(C)(CBr)N=[N+]=[N-]. The number of azide groups is 1. The van der Waals surface area contributed by atoms with Crippen molar-refractivity contribution in [1.29, 1.82) is 0 Å². The Morgan fingerprint density at radius 3 is 2.50 bits per heavy atom. The Labute approximate surface area is 68.9 Å². The van der Waals surface area contributed by atoms with Crippen LogP contribution in [0.3, 0.4) is 0 Å². The number of nitrogens with zero attached hydrogens (tertiary/aromatic N) is 3. The predicted molar refractivity (Wildman–Crippen MR) is 46.2 cm³/mol. The molecule has 0 fully saturated rings. The summed E-state index contributed by atoms with van der Waals surface area (Å²) in [5.74, 6) is 0. The summed E-state index contributed by atoms with van der Waals surface area (Å²) in [4.78, 5) is 2.73. The van der Waals surface area contributed by atoms with Crippen LogP contribution >= 0.6 is 15.9 Å². The number of rotatable bonds is 3. The lowest BCUT2D eigenvalue weighted by Crippen LogP contribution is -2.23. The van der Waals surface area contributed by atoms with Gasteiger partial charge in [0.15, 0.2) is 0 Å². The maximum atomic E-state index is 8.18. The van der Waals surface area contributed by atoms with Crippen molar-refractivity contribution >= 4 is 15.9 Å². The molecule has 56 valence electrons. The van der Waals surface area contributed by atoms with E-state index in [1.54, 1.807) is 0 Å². The molecule has 0 saturated heterocycles. The Hall–Kier alpha value is -0.470. The van der Waals surface area contributed by atoms with Crippen molar-refractivity contribution in [3.05, 3.63) is 22.6 Å². The second kappa shape index (κ2) is 3.64. The van der Waals surface area contributed by atoms with E-state index in [1.807, 2.05) is 13.8 Å². The van der Waals surface area contributed by atoms with Crippen molar-refractivity contribution in [3.8, 4) is 0 Å². The van der Waals surface area contributed by atoms with Gasteiger partial charge in [-0.15, -0.1) is 0 Å². The fourth-order valence-electron chi connectivity index (χ4n) is 0.325. The molecule has 0 spiro atoms. The van der Waals surface area contributed by atoms with Gasteiger partial charge in [-0.2, -0.15) is 0 Å². The zero-order chi connectivity index (χ0) is 8.20. The second-order valence-corrected chi connectivity index (χ2v) is 2.94. The van der Waals surface area contributed by atoms with E-state index >= 15 is 0 Å². The largest absolute Gasteiger partial charge is 0.0994 e. The van der Waals surface area contributed by atoms with Crippen molar-refractivity contribution in [3.63, 3.8) is 0 Å². The average Bonchev–Trinajstić information content (AvgIpc) is 1.88.